The fourth-order valence-electron chi connectivity index (χ4n) is 4.05. The summed E-state index contributed by atoms with van der Waals surface area (Å²) in [6.45, 7) is 0.268. The monoisotopic (exact) mass is 447 g/mol. The largest absolute Gasteiger partial charge is 0.416 e. The van der Waals surface area contributed by atoms with Gasteiger partial charge in [0.15, 0.2) is 5.78 Å². The molecule has 1 N–H and O–H groups in total. The van der Waals surface area contributed by atoms with Crippen molar-refractivity contribution in [3.8, 4) is 0 Å². The molecule has 2 saturated heterocycles. The molecule has 1 aromatic carbocycles. The molecule has 2 fully saturated rings. The zero-order chi connectivity index (χ0) is 22.9. The average molecular weight is 447 g/mol. The first kappa shape index (κ1) is 21.9. The Morgan fingerprint density at radius 1 is 1.22 bits per heavy atom. The van der Waals surface area contributed by atoms with Gasteiger partial charge in [-0.3, -0.25) is 19.4 Å². The van der Waals surface area contributed by atoms with E-state index >= 15 is 0 Å². The van der Waals surface area contributed by atoms with Crippen molar-refractivity contribution in [2.24, 2.45) is 0 Å². The number of benzene rings is 1. The van der Waals surface area contributed by atoms with Crippen LogP contribution in [0.1, 0.15) is 27.9 Å². The minimum absolute atomic E-state index is 0.0124. The lowest BCUT2D eigenvalue weighted by atomic mass is 10.0. The Morgan fingerprint density at radius 2 is 1.97 bits per heavy atom. The van der Waals surface area contributed by atoms with Gasteiger partial charge in [-0.15, -0.1) is 0 Å². The molecule has 2 aromatic rings. The van der Waals surface area contributed by atoms with E-state index in [2.05, 4.69) is 10.3 Å². The van der Waals surface area contributed by atoms with E-state index in [-0.39, 0.29) is 30.5 Å². The third-order valence-electron chi connectivity index (χ3n) is 5.64. The molecule has 0 bridgehead atoms. The standard InChI is InChI=1S/C22H20F3N3O4/c23-22(24,25)15-5-3-14(4-6-15)20(30)27-16(10-13-2-1-8-26-11-13)21(31)28-9-7-18-19(28)17(29)12-32-18/h1-6,8,11,16,18-19H,7,9-10,12H2,(H,27,30). The van der Waals surface area contributed by atoms with Crippen LogP contribution in [0, 0.1) is 0 Å². The van der Waals surface area contributed by atoms with Crippen molar-refractivity contribution >= 4 is 17.6 Å². The fourth-order valence-corrected chi connectivity index (χ4v) is 4.05. The van der Waals surface area contributed by atoms with Crippen LogP contribution in [-0.2, 0) is 26.9 Å². The second-order valence-electron chi connectivity index (χ2n) is 7.75. The lowest BCUT2D eigenvalue weighted by Gasteiger charge is -2.27. The highest BCUT2D eigenvalue weighted by Crippen LogP contribution is 2.30. The number of carbonyl (C=O) groups is 3. The number of nitrogens with zero attached hydrogens (tertiary/aromatic N) is 2. The van der Waals surface area contributed by atoms with Gasteiger partial charge in [-0.2, -0.15) is 13.2 Å². The van der Waals surface area contributed by atoms with Crippen molar-refractivity contribution < 1.29 is 32.3 Å². The fraction of sp³-hybridized carbons (Fsp3) is 0.364. The third kappa shape index (κ3) is 4.50. The number of hydrogen-bond donors (Lipinski definition) is 1. The molecule has 2 aliphatic rings. The molecule has 3 atom stereocenters. The Hall–Kier alpha value is -3.27. The minimum Gasteiger partial charge on any atom is -0.368 e. The van der Waals surface area contributed by atoms with Crippen molar-refractivity contribution in [1.29, 1.82) is 0 Å². The number of Topliss-reactive ketones (excluding diaryl/α,β-unsaturated/α-hetero) is 1. The predicted octanol–water partition coefficient (Wildman–Crippen LogP) is 2.01. The van der Waals surface area contributed by atoms with Crippen molar-refractivity contribution in [3.05, 3.63) is 65.5 Å². The summed E-state index contributed by atoms with van der Waals surface area (Å²) in [7, 11) is 0. The first-order chi connectivity index (χ1) is 15.2. The van der Waals surface area contributed by atoms with Gasteiger partial charge < -0.3 is 15.0 Å². The Bertz CT molecular complexity index is 1010. The number of hydrogen-bond acceptors (Lipinski definition) is 5. The van der Waals surface area contributed by atoms with Crippen molar-refractivity contribution in [1.82, 2.24) is 15.2 Å². The molecule has 2 aliphatic heterocycles. The number of likely N-dealkylation sites (tertiary alicyclic amines) is 1. The first-order valence-corrected chi connectivity index (χ1v) is 10.1. The highest BCUT2D eigenvalue weighted by Gasteiger charge is 2.48. The van der Waals surface area contributed by atoms with Crippen LogP contribution >= 0.6 is 0 Å². The van der Waals surface area contributed by atoms with E-state index < -0.39 is 35.6 Å². The van der Waals surface area contributed by atoms with Crippen molar-refractivity contribution in [3.63, 3.8) is 0 Å². The molecule has 32 heavy (non-hydrogen) atoms. The van der Waals surface area contributed by atoms with Gasteiger partial charge in [-0.1, -0.05) is 6.07 Å². The number of pyridine rings is 1. The van der Waals surface area contributed by atoms with Gasteiger partial charge in [-0.25, -0.2) is 0 Å². The number of rotatable bonds is 5. The lowest BCUT2D eigenvalue weighted by molar-refractivity contribution is -0.138. The number of ketones is 1. The van der Waals surface area contributed by atoms with Crippen LogP contribution in [0.2, 0.25) is 0 Å². The molecule has 0 radical (unpaired) electrons. The van der Waals surface area contributed by atoms with Crippen molar-refractivity contribution in [2.75, 3.05) is 13.2 Å². The smallest absolute Gasteiger partial charge is 0.368 e. The van der Waals surface area contributed by atoms with Gasteiger partial charge in [0.1, 0.15) is 18.7 Å². The SMILES string of the molecule is O=C(NC(Cc1cccnc1)C(=O)N1CCC2OCC(=O)C21)c1ccc(C(F)(F)F)cc1. The number of fused-ring (bicyclic) bond motifs is 1. The molecule has 0 saturated carbocycles. The Balaban J connectivity index is 1.55. The van der Waals surface area contributed by atoms with Gasteiger partial charge in [0.2, 0.25) is 5.91 Å². The minimum atomic E-state index is -4.52. The number of carbonyl (C=O) groups excluding carboxylic acids is 3. The van der Waals surface area contributed by atoms with Crippen LogP contribution < -0.4 is 5.32 Å². The molecule has 2 amide bonds. The van der Waals surface area contributed by atoms with Crippen LogP contribution in [0.5, 0.6) is 0 Å². The number of alkyl halides is 3. The number of ether oxygens (including phenoxy) is 1. The highest BCUT2D eigenvalue weighted by molar-refractivity contribution is 5.99. The van der Waals surface area contributed by atoms with Gasteiger partial charge in [-0.05, 0) is 42.3 Å². The topological polar surface area (TPSA) is 88.6 Å². The van der Waals surface area contributed by atoms with E-state index in [1.54, 1.807) is 24.5 Å². The van der Waals surface area contributed by atoms with E-state index in [4.69, 9.17) is 4.74 Å². The number of nitrogens with one attached hydrogen (secondary N) is 1. The average Bonchev–Trinajstić information content (AvgIpc) is 3.36. The number of halogens is 3. The van der Waals surface area contributed by atoms with E-state index in [1.165, 1.54) is 4.90 Å². The maximum Gasteiger partial charge on any atom is 0.416 e. The second-order valence-corrected chi connectivity index (χ2v) is 7.75. The molecule has 1 aromatic heterocycles. The summed E-state index contributed by atoms with van der Waals surface area (Å²) < 4.78 is 43.8. The lowest BCUT2D eigenvalue weighted by Crippen LogP contribution is -2.53. The van der Waals surface area contributed by atoms with Crippen LogP contribution in [0.4, 0.5) is 13.2 Å². The van der Waals surface area contributed by atoms with Crippen LogP contribution in [-0.4, -0.2) is 58.8 Å². The van der Waals surface area contributed by atoms with E-state index in [0.717, 1.165) is 24.3 Å². The van der Waals surface area contributed by atoms with Crippen LogP contribution in [0.3, 0.4) is 0 Å². The second kappa shape index (κ2) is 8.70. The summed E-state index contributed by atoms with van der Waals surface area (Å²) in [5.74, 6) is -1.32. The molecule has 4 rings (SSSR count). The van der Waals surface area contributed by atoms with E-state index in [0.29, 0.717) is 18.5 Å². The number of aromatic nitrogens is 1. The summed E-state index contributed by atoms with van der Waals surface area (Å²) in [4.78, 5) is 43.7. The van der Waals surface area contributed by atoms with E-state index in [9.17, 15) is 27.6 Å². The summed E-state index contributed by atoms with van der Waals surface area (Å²) >= 11 is 0. The van der Waals surface area contributed by atoms with Gasteiger partial charge in [0, 0.05) is 30.9 Å². The normalized spacial score (nSPS) is 21.3. The van der Waals surface area contributed by atoms with Gasteiger partial charge >= 0.3 is 6.18 Å². The molecular formula is C22H20F3N3O4. The first-order valence-electron chi connectivity index (χ1n) is 10.1. The quantitative estimate of drug-likeness (QED) is 0.758. The van der Waals surface area contributed by atoms with Gasteiger partial charge in [0.25, 0.3) is 5.91 Å². The molecule has 10 heteroatoms. The summed E-state index contributed by atoms with van der Waals surface area (Å²) in [5, 5.41) is 2.62. The molecule has 0 aliphatic carbocycles. The van der Waals surface area contributed by atoms with Crippen LogP contribution in [0.25, 0.3) is 0 Å². The third-order valence-corrected chi connectivity index (χ3v) is 5.64. The van der Waals surface area contributed by atoms with Crippen LogP contribution in [0.15, 0.2) is 48.8 Å². The summed E-state index contributed by atoms with van der Waals surface area (Å²) in [6.07, 6.45) is -1.11. The molecule has 0 spiro atoms. The maximum absolute atomic E-state index is 13.3. The van der Waals surface area contributed by atoms with E-state index in [1.807, 2.05) is 0 Å². The maximum atomic E-state index is 13.3. The Labute approximate surface area is 181 Å². The Kier molecular flexibility index (Phi) is 5.96. The number of amides is 2. The zero-order valence-electron chi connectivity index (χ0n) is 16.8. The predicted molar refractivity (Wildman–Crippen MR) is 106 cm³/mol. The zero-order valence-corrected chi connectivity index (χ0v) is 16.8. The highest BCUT2D eigenvalue weighted by atomic mass is 19.4. The summed E-state index contributed by atoms with van der Waals surface area (Å²) in [5.41, 5.74) is -0.204. The molecular weight excluding hydrogens is 427 g/mol. The Morgan fingerprint density at radius 3 is 2.62 bits per heavy atom. The van der Waals surface area contributed by atoms with Crippen molar-refractivity contribution in [2.45, 2.75) is 37.2 Å². The van der Waals surface area contributed by atoms with Gasteiger partial charge in [0.05, 0.1) is 11.7 Å². The molecule has 3 heterocycles. The molecule has 7 nitrogen and oxygen atoms in total. The molecule has 3 unspecified atom stereocenters. The molecule has 168 valence electrons. The summed E-state index contributed by atoms with van der Waals surface area (Å²) in [6, 6.07) is 5.47.